The summed E-state index contributed by atoms with van der Waals surface area (Å²) in [4.78, 5) is 3.19. The van der Waals surface area contributed by atoms with E-state index in [-0.39, 0.29) is 5.75 Å². The molecular weight excluding hydrogens is 304 g/mol. The molecule has 0 radical (unpaired) electrons. The summed E-state index contributed by atoms with van der Waals surface area (Å²) >= 11 is 1.49. The number of thioether (sulfide) groups is 1. The number of hydrogen-bond donors (Lipinski definition) is 2. The summed E-state index contributed by atoms with van der Waals surface area (Å²) in [5.74, 6) is 0.276. The van der Waals surface area contributed by atoms with E-state index in [2.05, 4.69) is 43.0 Å². The molecule has 0 saturated carbocycles. The molecule has 0 aromatic heterocycles. The fourth-order valence-corrected chi connectivity index (χ4v) is 2.99. The van der Waals surface area contributed by atoms with Gasteiger partial charge in [0, 0.05) is 18.0 Å². The summed E-state index contributed by atoms with van der Waals surface area (Å²) < 4.78 is 0. The second kappa shape index (κ2) is 8.63. The van der Waals surface area contributed by atoms with Gasteiger partial charge in [0.05, 0.1) is 0 Å². The van der Waals surface area contributed by atoms with E-state index in [1.807, 2.05) is 12.1 Å². The van der Waals surface area contributed by atoms with Gasteiger partial charge in [-0.15, -0.1) is 0 Å². The number of aromatic hydroxyl groups is 1. The molecule has 0 saturated heterocycles. The van der Waals surface area contributed by atoms with Crippen LogP contribution in [0, 0.1) is 12.3 Å². The van der Waals surface area contributed by atoms with Gasteiger partial charge in [0.15, 0.2) is 5.17 Å². The first-order valence-electron chi connectivity index (χ1n) is 7.94. The molecule has 0 unspecified atom stereocenters. The molecule has 0 spiro atoms. The number of aryl methyl sites for hydroxylation is 1. The number of amidine groups is 1. The normalized spacial score (nSPS) is 10.5. The molecule has 122 valence electrons. The monoisotopic (exact) mass is 328 g/mol. The summed E-state index contributed by atoms with van der Waals surface area (Å²) in [6, 6.07) is 15.5. The molecule has 0 bridgehead atoms. The zero-order chi connectivity index (χ0) is 16.7. The molecule has 0 heterocycles. The number of nitrogens with one attached hydrogen (secondary N) is 1. The second-order valence-electron chi connectivity index (χ2n) is 5.66. The van der Waals surface area contributed by atoms with Crippen LogP contribution in [0.1, 0.15) is 30.9 Å². The quantitative estimate of drug-likeness (QED) is 0.444. The van der Waals surface area contributed by atoms with Crippen LogP contribution >= 0.6 is 11.8 Å². The molecule has 2 aromatic carbocycles. The molecule has 0 aliphatic rings. The topological polar surface area (TPSA) is 47.3 Å². The molecular formula is C19H24N2OS. The molecule has 0 aliphatic heterocycles. The number of unbranched alkanes of at least 4 members (excludes halogenated alkanes) is 1. The van der Waals surface area contributed by atoms with Crippen molar-refractivity contribution >= 4 is 16.9 Å². The van der Waals surface area contributed by atoms with Crippen molar-refractivity contribution in [2.24, 2.45) is 0 Å². The second-order valence-corrected chi connectivity index (χ2v) is 6.72. The molecule has 0 fully saturated rings. The van der Waals surface area contributed by atoms with Crippen molar-refractivity contribution in [3.63, 3.8) is 0 Å². The lowest BCUT2D eigenvalue weighted by molar-refractivity contribution is 0.407. The smallest absolute Gasteiger partial charge is 0.161 e. The Labute approximate surface area is 142 Å². The number of phenolic OH excluding ortho intramolecular Hbond substituents is 1. The maximum absolute atomic E-state index is 9.40. The highest BCUT2D eigenvalue weighted by Gasteiger charge is 2.12. The fraction of sp³-hybridized carbons (Fsp3) is 0.316. The number of nitrogens with zero attached hydrogens (tertiary/aromatic N) is 1. The highest BCUT2D eigenvalue weighted by Crippen LogP contribution is 2.23. The molecule has 3 nitrogen and oxygen atoms in total. The van der Waals surface area contributed by atoms with Crippen molar-refractivity contribution in [2.75, 3.05) is 6.54 Å². The first-order valence-corrected chi connectivity index (χ1v) is 8.76. The average molecular weight is 328 g/mol. The van der Waals surface area contributed by atoms with E-state index in [9.17, 15) is 5.11 Å². The lowest BCUT2D eigenvalue weighted by Crippen LogP contribution is -2.28. The standard InChI is InChI=1S/C19H24N2OS/c1-3-4-13-21(14-16-7-9-17(22)10-8-16)19(20)23-18-11-5-15(2)6-12-18/h5-12,20,22H,3-4,13-14H2,1-2H3. The van der Waals surface area contributed by atoms with E-state index in [0.717, 1.165) is 29.8 Å². The molecule has 2 rings (SSSR count). The lowest BCUT2D eigenvalue weighted by atomic mass is 10.2. The van der Waals surface area contributed by atoms with Crippen molar-refractivity contribution in [1.82, 2.24) is 4.90 Å². The van der Waals surface area contributed by atoms with Gasteiger partial charge in [0.2, 0.25) is 0 Å². The minimum Gasteiger partial charge on any atom is -0.508 e. The number of hydrogen-bond acceptors (Lipinski definition) is 3. The number of rotatable bonds is 6. The summed E-state index contributed by atoms with van der Waals surface area (Å²) in [7, 11) is 0. The van der Waals surface area contributed by atoms with E-state index in [1.54, 1.807) is 12.1 Å². The predicted molar refractivity (Wildman–Crippen MR) is 98.2 cm³/mol. The zero-order valence-electron chi connectivity index (χ0n) is 13.7. The zero-order valence-corrected chi connectivity index (χ0v) is 14.6. The molecule has 0 atom stereocenters. The van der Waals surface area contributed by atoms with E-state index in [0.29, 0.717) is 11.7 Å². The molecule has 4 heteroatoms. The van der Waals surface area contributed by atoms with Gasteiger partial charge in [-0.25, -0.2) is 0 Å². The Hall–Kier alpha value is -1.94. The first-order chi connectivity index (χ1) is 11.1. The van der Waals surface area contributed by atoms with Crippen LogP contribution in [0.3, 0.4) is 0 Å². The highest BCUT2D eigenvalue weighted by atomic mass is 32.2. The van der Waals surface area contributed by atoms with Crippen molar-refractivity contribution in [3.8, 4) is 5.75 Å². The fourth-order valence-electron chi connectivity index (χ4n) is 2.21. The number of benzene rings is 2. The van der Waals surface area contributed by atoms with E-state index < -0.39 is 0 Å². The summed E-state index contributed by atoms with van der Waals surface area (Å²) in [6.45, 7) is 5.79. The van der Waals surface area contributed by atoms with Crippen LogP contribution in [0.25, 0.3) is 0 Å². The van der Waals surface area contributed by atoms with Crippen LogP contribution in [0.2, 0.25) is 0 Å². The average Bonchev–Trinajstić information content (AvgIpc) is 2.55. The van der Waals surface area contributed by atoms with Crippen LogP contribution in [0.5, 0.6) is 5.75 Å². The van der Waals surface area contributed by atoms with E-state index in [4.69, 9.17) is 5.41 Å². The van der Waals surface area contributed by atoms with Gasteiger partial charge in [0.25, 0.3) is 0 Å². The van der Waals surface area contributed by atoms with Gasteiger partial charge in [-0.05, 0) is 43.2 Å². The Morgan fingerprint density at radius 3 is 2.35 bits per heavy atom. The minimum atomic E-state index is 0.276. The predicted octanol–water partition coefficient (Wildman–Crippen LogP) is 5.03. The minimum absolute atomic E-state index is 0.276. The van der Waals surface area contributed by atoms with Gasteiger partial charge in [-0.2, -0.15) is 0 Å². The summed E-state index contributed by atoms with van der Waals surface area (Å²) in [5, 5.41) is 18.4. The number of phenols is 1. The third-order valence-corrected chi connectivity index (χ3v) is 4.57. The maximum atomic E-state index is 9.40. The van der Waals surface area contributed by atoms with Crippen molar-refractivity contribution in [2.45, 2.75) is 38.1 Å². The van der Waals surface area contributed by atoms with Gasteiger partial charge >= 0.3 is 0 Å². The van der Waals surface area contributed by atoms with Crippen LogP contribution in [-0.4, -0.2) is 21.7 Å². The Kier molecular flexibility index (Phi) is 6.53. The van der Waals surface area contributed by atoms with Gasteiger partial charge < -0.3 is 10.0 Å². The summed E-state index contributed by atoms with van der Waals surface area (Å²) in [6.07, 6.45) is 2.17. The van der Waals surface area contributed by atoms with Crippen LogP contribution in [0.4, 0.5) is 0 Å². The Balaban J connectivity index is 2.05. The van der Waals surface area contributed by atoms with Crippen molar-refractivity contribution < 1.29 is 5.11 Å². The summed E-state index contributed by atoms with van der Waals surface area (Å²) in [5.41, 5.74) is 2.33. The van der Waals surface area contributed by atoms with Crippen LogP contribution in [-0.2, 0) is 6.54 Å². The Morgan fingerprint density at radius 1 is 1.09 bits per heavy atom. The molecule has 2 aromatic rings. The van der Waals surface area contributed by atoms with E-state index in [1.165, 1.54) is 17.3 Å². The van der Waals surface area contributed by atoms with Gasteiger partial charge in [-0.1, -0.05) is 54.9 Å². The largest absolute Gasteiger partial charge is 0.508 e. The molecule has 0 aliphatic carbocycles. The Morgan fingerprint density at radius 2 is 1.74 bits per heavy atom. The first kappa shape index (κ1) is 17.4. The maximum Gasteiger partial charge on any atom is 0.161 e. The SMILES string of the molecule is CCCCN(Cc1ccc(O)cc1)C(=N)Sc1ccc(C)cc1. The molecule has 0 amide bonds. The molecule has 23 heavy (non-hydrogen) atoms. The Bertz CT molecular complexity index is 623. The van der Waals surface area contributed by atoms with Gasteiger partial charge in [-0.3, -0.25) is 5.41 Å². The lowest BCUT2D eigenvalue weighted by Gasteiger charge is -2.24. The van der Waals surface area contributed by atoms with Crippen LogP contribution in [0.15, 0.2) is 53.4 Å². The van der Waals surface area contributed by atoms with Crippen LogP contribution < -0.4 is 0 Å². The highest BCUT2D eigenvalue weighted by molar-refractivity contribution is 8.13. The third kappa shape index (κ3) is 5.64. The molecule has 2 N–H and O–H groups in total. The van der Waals surface area contributed by atoms with Crippen molar-refractivity contribution in [3.05, 3.63) is 59.7 Å². The third-order valence-electron chi connectivity index (χ3n) is 3.61. The van der Waals surface area contributed by atoms with Gasteiger partial charge in [0.1, 0.15) is 5.75 Å². The van der Waals surface area contributed by atoms with E-state index >= 15 is 0 Å². The van der Waals surface area contributed by atoms with Crippen molar-refractivity contribution in [1.29, 1.82) is 5.41 Å².